The molecule has 23 heavy (non-hydrogen) atoms. The summed E-state index contributed by atoms with van der Waals surface area (Å²) in [6.45, 7) is 2.46. The van der Waals surface area contributed by atoms with Crippen molar-refractivity contribution in [1.29, 1.82) is 0 Å². The first-order chi connectivity index (χ1) is 11.1. The Hall–Kier alpha value is -1.64. The van der Waals surface area contributed by atoms with Crippen molar-refractivity contribution < 1.29 is 9.32 Å². The molecule has 1 aliphatic carbocycles. The fourth-order valence-electron chi connectivity index (χ4n) is 2.86. The average molecular weight is 426 g/mol. The Labute approximate surface area is 148 Å². The van der Waals surface area contributed by atoms with Gasteiger partial charge in [0.25, 0.3) is 5.91 Å². The lowest BCUT2D eigenvalue weighted by atomic mass is 10.1. The van der Waals surface area contributed by atoms with Gasteiger partial charge < -0.3 is 15.2 Å². The summed E-state index contributed by atoms with van der Waals surface area (Å²) in [4.78, 5) is 16.3. The normalized spacial score (nSPS) is 20.4. The standard InChI is InChI=1S/C16H19IN4O2/c1-10-6-14(23-21-10)16(22)19-8-11-2-4-13(7-11)20-15-5-3-12(17)9-18-15/h3,5-6,9,11,13H,2,4,7-8H2,1H3,(H,18,20)(H,19,22)/t11-,13+/m1/s1. The van der Waals surface area contributed by atoms with E-state index in [1.54, 1.807) is 13.0 Å². The van der Waals surface area contributed by atoms with Gasteiger partial charge in [0.2, 0.25) is 5.76 Å². The lowest BCUT2D eigenvalue weighted by molar-refractivity contribution is 0.0910. The highest BCUT2D eigenvalue weighted by atomic mass is 127. The van der Waals surface area contributed by atoms with Crippen molar-refractivity contribution in [2.75, 3.05) is 11.9 Å². The highest BCUT2D eigenvalue weighted by molar-refractivity contribution is 14.1. The van der Waals surface area contributed by atoms with Gasteiger partial charge >= 0.3 is 0 Å². The Morgan fingerprint density at radius 1 is 1.43 bits per heavy atom. The van der Waals surface area contributed by atoms with Crippen molar-refractivity contribution in [3.8, 4) is 0 Å². The molecule has 2 aromatic heterocycles. The molecular weight excluding hydrogens is 407 g/mol. The van der Waals surface area contributed by atoms with Gasteiger partial charge in [0.1, 0.15) is 5.82 Å². The molecule has 2 N–H and O–H groups in total. The lowest BCUT2D eigenvalue weighted by Crippen LogP contribution is -2.28. The topological polar surface area (TPSA) is 80.0 Å². The minimum absolute atomic E-state index is 0.193. The summed E-state index contributed by atoms with van der Waals surface area (Å²) in [6, 6.07) is 6.11. The van der Waals surface area contributed by atoms with Gasteiger partial charge in [-0.2, -0.15) is 0 Å². The van der Waals surface area contributed by atoms with Gasteiger partial charge in [-0.15, -0.1) is 0 Å². The van der Waals surface area contributed by atoms with Crippen LogP contribution in [0.4, 0.5) is 5.82 Å². The van der Waals surface area contributed by atoms with Crippen LogP contribution in [0.25, 0.3) is 0 Å². The number of pyridine rings is 1. The van der Waals surface area contributed by atoms with Crippen LogP contribution in [0.2, 0.25) is 0 Å². The Morgan fingerprint density at radius 2 is 2.30 bits per heavy atom. The summed E-state index contributed by atoms with van der Waals surface area (Å²) in [5.74, 6) is 1.47. The molecule has 0 bridgehead atoms. The number of hydrogen-bond donors (Lipinski definition) is 2. The molecule has 0 radical (unpaired) electrons. The number of amides is 1. The van der Waals surface area contributed by atoms with Crippen LogP contribution in [0.15, 0.2) is 28.9 Å². The maximum atomic E-state index is 11.9. The molecule has 1 saturated carbocycles. The zero-order valence-corrected chi connectivity index (χ0v) is 15.0. The molecule has 2 aromatic rings. The first-order valence-corrected chi connectivity index (χ1v) is 8.77. The Balaban J connectivity index is 1.44. The quantitative estimate of drug-likeness (QED) is 0.719. The largest absolute Gasteiger partial charge is 0.367 e. The predicted octanol–water partition coefficient (Wildman–Crippen LogP) is 2.99. The maximum Gasteiger partial charge on any atom is 0.289 e. The van der Waals surface area contributed by atoms with Crippen molar-refractivity contribution in [3.05, 3.63) is 39.4 Å². The summed E-state index contributed by atoms with van der Waals surface area (Å²) in [5.41, 5.74) is 0.713. The highest BCUT2D eigenvalue weighted by Crippen LogP contribution is 2.27. The number of rotatable bonds is 5. The smallest absolute Gasteiger partial charge is 0.289 e. The van der Waals surface area contributed by atoms with Gasteiger partial charge in [0, 0.05) is 28.4 Å². The second-order valence-corrected chi connectivity index (χ2v) is 7.17. The number of hydrogen-bond acceptors (Lipinski definition) is 5. The van der Waals surface area contributed by atoms with Crippen molar-refractivity contribution in [2.45, 2.75) is 32.2 Å². The molecule has 0 spiro atoms. The van der Waals surface area contributed by atoms with Crippen LogP contribution in [-0.4, -0.2) is 28.6 Å². The zero-order chi connectivity index (χ0) is 16.2. The van der Waals surface area contributed by atoms with Gasteiger partial charge in [0.05, 0.1) is 5.69 Å². The number of halogens is 1. The second kappa shape index (κ2) is 7.29. The molecule has 122 valence electrons. The Bertz CT molecular complexity index is 671. The fourth-order valence-corrected chi connectivity index (χ4v) is 3.18. The Kier molecular flexibility index (Phi) is 5.14. The first-order valence-electron chi connectivity index (χ1n) is 7.70. The highest BCUT2D eigenvalue weighted by Gasteiger charge is 2.25. The molecule has 7 heteroatoms. The molecule has 1 aliphatic rings. The lowest BCUT2D eigenvalue weighted by Gasteiger charge is -2.14. The number of carbonyl (C=O) groups is 1. The number of aromatic nitrogens is 2. The van der Waals surface area contributed by atoms with E-state index in [-0.39, 0.29) is 11.7 Å². The average Bonchev–Trinajstić information content (AvgIpc) is 3.16. The Morgan fingerprint density at radius 3 is 3.00 bits per heavy atom. The monoisotopic (exact) mass is 426 g/mol. The van der Waals surface area contributed by atoms with Crippen molar-refractivity contribution in [1.82, 2.24) is 15.5 Å². The minimum atomic E-state index is -0.193. The van der Waals surface area contributed by atoms with Gasteiger partial charge in [-0.3, -0.25) is 4.79 Å². The summed E-state index contributed by atoms with van der Waals surface area (Å²) in [7, 11) is 0. The summed E-state index contributed by atoms with van der Waals surface area (Å²) in [6.07, 6.45) is 5.08. The molecule has 2 atom stereocenters. The summed E-state index contributed by atoms with van der Waals surface area (Å²) in [5, 5.41) is 10.1. The van der Waals surface area contributed by atoms with Crippen LogP contribution >= 0.6 is 22.6 Å². The van der Waals surface area contributed by atoms with E-state index in [4.69, 9.17) is 4.52 Å². The van der Waals surface area contributed by atoms with Crippen LogP contribution in [0.3, 0.4) is 0 Å². The number of nitrogens with zero attached hydrogens (tertiary/aromatic N) is 2. The maximum absolute atomic E-state index is 11.9. The van der Waals surface area contributed by atoms with E-state index in [9.17, 15) is 4.79 Å². The van der Waals surface area contributed by atoms with E-state index in [1.165, 1.54) is 0 Å². The third kappa shape index (κ3) is 4.43. The predicted molar refractivity (Wildman–Crippen MR) is 95.3 cm³/mol. The van der Waals surface area contributed by atoms with Crippen LogP contribution in [0.1, 0.15) is 35.5 Å². The van der Waals surface area contributed by atoms with E-state index in [0.29, 0.717) is 24.2 Å². The molecule has 0 unspecified atom stereocenters. The van der Waals surface area contributed by atoms with E-state index in [0.717, 1.165) is 28.7 Å². The van der Waals surface area contributed by atoms with Crippen molar-refractivity contribution in [2.24, 2.45) is 5.92 Å². The van der Waals surface area contributed by atoms with Gasteiger partial charge in [-0.25, -0.2) is 4.98 Å². The minimum Gasteiger partial charge on any atom is -0.367 e. The van der Waals surface area contributed by atoms with E-state index in [2.05, 4.69) is 43.4 Å². The second-order valence-electron chi connectivity index (χ2n) is 5.92. The number of nitrogens with one attached hydrogen (secondary N) is 2. The zero-order valence-electron chi connectivity index (χ0n) is 12.9. The SMILES string of the molecule is Cc1cc(C(=O)NC[C@@H]2CC[C@H](Nc3ccc(I)cn3)C2)on1. The molecule has 0 aliphatic heterocycles. The van der Waals surface area contributed by atoms with E-state index in [1.807, 2.05) is 18.3 Å². The first kappa shape index (κ1) is 16.2. The van der Waals surface area contributed by atoms with Crippen LogP contribution in [0.5, 0.6) is 0 Å². The van der Waals surface area contributed by atoms with Gasteiger partial charge in [0.15, 0.2) is 0 Å². The van der Waals surface area contributed by atoms with Crippen molar-refractivity contribution in [3.63, 3.8) is 0 Å². The van der Waals surface area contributed by atoms with E-state index < -0.39 is 0 Å². The third-order valence-electron chi connectivity index (χ3n) is 4.02. The molecule has 6 nitrogen and oxygen atoms in total. The molecule has 3 rings (SSSR count). The van der Waals surface area contributed by atoms with Gasteiger partial charge in [-0.1, -0.05) is 5.16 Å². The molecule has 2 heterocycles. The number of carbonyl (C=O) groups excluding carboxylic acids is 1. The van der Waals surface area contributed by atoms with E-state index >= 15 is 0 Å². The van der Waals surface area contributed by atoms with Crippen LogP contribution in [-0.2, 0) is 0 Å². The van der Waals surface area contributed by atoms with Crippen LogP contribution in [0, 0.1) is 16.4 Å². The molecule has 1 fully saturated rings. The molecule has 1 amide bonds. The van der Waals surface area contributed by atoms with Crippen molar-refractivity contribution >= 4 is 34.3 Å². The van der Waals surface area contributed by atoms with Gasteiger partial charge in [-0.05, 0) is 66.8 Å². The fraction of sp³-hybridized carbons (Fsp3) is 0.438. The summed E-state index contributed by atoms with van der Waals surface area (Å²) < 4.78 is 6.10. The third-order valence-corrected chi connectivity index (χ3v) is 4.66. The molecule has 0 saturated heterocycles. The number of aryl methyl sites for hydroxylation is 1. The molecule has 0 aromatic carbocycles. The summed E-state index contributed by atoms with van der Waals surface area (Å²) >= 11 is 2.25. The number of anilines is 1. The molecular formula is C16H19IN4O2. The van der Waals surface area contributed by atoms with Crippen LogP contribution < -0.4 is 10.6 Å².